The molecule has 0 aliphatic carbocycles. The molecule has 1 unspecified atom stereocenters. The maximum Gasteiger partial charge on any atom is 0.308 e. The number of piperidine rings is 1. The second kappa shape index (κ2) is 7.92. The third kappa shape index (κ3) is 3.83. The number of rotatable bonds is 4. The number of aryl methyl sites for hydroxylation is 1. The van der Waals surface area contributed by atoms with Crippen LogP contribution in [0.2, 0.25) is 5.28 Å². The van der Waals surface area contributed by atoms with Crippen LogP contribution in [0, 0.1) is 12.8 Å². The zero-order valence-electron chi connectivity index (χ0n) is 16.8. The molecule has 3 heterocycles. The van der Waals surface area contributed by atoms with Crippen LogP contribution in [-0.2, 0) is 4.79 Å². The molecule has 2 aromatic heterocycles. The van der Waals surface area contributed by atoms with E-state index >= 15 is 0 Å². The van der Waals surface area contributed by atoms with Crippen molar-refractivity contribution in [3.8, 4) is 11.1 Å². The molecule has 0 amide bonds. The molecule has 1 N–H and O–H groups in total. The SMILES string of the molecule is Cc1sc2nc(Cl)nc(N3CCCC(C(=O)O)C3)c2c1-c1ccc(C(C)C)cc1. The van der Waals surface area contributed by atoms with Crippen LogP contribution >= 0.6 is 22.9 Å². The van der Waals surface area contributed by atoms with Crippen LogP contribution in [0.3, 0.4) is 0 Å². The topological polar surface area (TPSA) is 66.3 Å². The van der Waals surface area contributed by atoms with Crippen LogP contribution in [0.25, 0.3) is 21.3 Å². The van der Waals surface area contributed by atoms with Gasteiger partial charge in [0.05, 0.1) is 11.3 Å². The molecule has 0 saturated carbocycles. The first-order valence-electron chi connectivity index (χ1n) is 9.90. The molecule has 1 aliphatic heterocycles. The summed E-state index contributed by atoms with van der Waals surface area (Å²) in [5.74, 6) is 0.0831. The molecule has 3 aromatic rings. The third-order valence-electron chi connectivity index (χ3n) is 5.62. The maximum atomic E-state index is 11.6. The second-order valence-corrected chi connectivity index (χ2v) is 9.47. The highest BCUT2D eigenvalue weighted by molar-refractivity contribution is 7.19. The number of aromatic nitrogens is 2. The molecule has 1 fully saturated rings. The van der Waals surface area contributed by atoms with Gasteiger partial charge in [-0.1, -0.05) is 38.1 Å². The fraction of sp³-hybridized carbons (Fsp3) is 0.409. The molecule has 0 spiro atoms. The van der Waals surface area contributed by atoms with Gasteiger partial charge in [-0.05, 0) is 48.4 Å². The minimum atomic E-state index is -0.753. The fourth-order valence-electron chi connectivity index (χ4n) is 4.05. The number of carboxylic acid groups (broad SMARTS) is 1. The van der Waals surface area contributed by atoms with E-state index in [4.69, 9.17) is 11.6 Å². The summed E-state index contributed by atoms with van der Waals surface area (Å²) in [5, 5.41) is 10.7. The number of hydrogen-bond donors (Lipinski definition) is 1. The Kier molecular flexibility index (Phi) is 5.49. The van der Waals surface area contributed by atoms with Crippen molar-refractivity contribution in [2.75, 3.05) is 18.0 Å². The van der Waals surface area contributed by atoms with Gasteiger partial charge in [0.2, 0.25) is 5.28 Å². The van der Waals surface area contributed by atoms with E-state index in [0.717, 1.165) is 45.0 Å². The Balaban J connectivity index is 1.86. The Morgan fingerprint density at radius 2 is 2.00 bits per heavy atom. The van der Waals surface area contributed by atoms with Crippen LogP contribution in [-0.4, -0.2) is 34.1 Å². The number of carboxylic acids is 1. The van der Waals surface area contributed by atoms with Crippen molar-refractivity contribution in [2.45, 2.75) is 39.5 Å². The second-order valence-electron chi connectivity index (χ2n) is 7.93. The largest absolute Gasteiger partial charge is 0.481 e. The van der Waals surface area contributed by atoms with Gasteiger partial charge < -0.3 is 10.0 Å². The van der Waals surface area contributed by atoms with Gasteiger partial charge in [0.1, 0.15) is 10.6 Å². The van der Waals surface area contributed by atoms with Gasteiger partial charge in [-0.3, -0.25) is 4.79 Å². The van der Waals surface area contributed by atoms with Crippen molar-refractivity contribution in [1.82, 2.24) is 9.97 Å². The van der Waals surface area contributed by atoms with Gasteiger partial charge in [-0.2, -0.15) is 4.98 Å². The van der Waals surface area contributed by atoms with E-state index in [-0.39, 0.29) is 11.2 Å². The number of fused-ring (bicyclic) bond motifs is 1. The fourth-order valence-corrected chi connectivity index (χ4v) is 5.30. The summed E-state index contributed by atoms with van der Waals surface area (Å²) in [7, 11) is 0. The number of thiophene rings is 1. The van der Waals surface area contributed by atoms with E-state index in [0.29, 0.717) is 18.9 Å². The lowest BCUT2D eigenvalue weighted by molar-refractivity contribution is -0.141. The van der Waals surface area contributed by atoms with Crippen LogP contribution in [0.15, 0.2) is 24.3 Å². The quantitative estimate of drug-likeness (QED) is 0.535. The molecule has 152 valence electrons. The number of nitrogens with zero attached hydrogens (tertiary/aromatic N) is 3. The molecular weight excluding hydrogens is 406 g/mol. The summed E-state index contributed by atoms with van der Waals surface area (Å²) in [6.07, 6.45) is 1.52. The number of anilines is 1. The first-order chi connectivity index (χ1) is 13.8. The Morgan fingerprint density at radius 3 is 2.66 bits per heavy atom. The molecule has 1 aliphatic rings. The molecule has 0 bridgehead atoms. The smallest absolute Gasteiger partial charge is 0.308 e. The van der Waals surface area contributed by atoms with Crippen LogP contribution < -0.4 is 4.90 Å². The zero-order chi connectivity index (χ0) is 20.7. The van der Waals surface area contributed by atoms with Gasteiger partial charge >= 0.3 is 5.97 Å². The summed E-state index contributed by atoms with van der Waals surface area (Å²) in [5.41, 5.74) is 3.53. The van der Waals surface area contributed by atoms with E-state index in [1.165, 1.54) is 5.56 Å². The molecule has 7 heteroatoms. The summed E-state index contributed by atoms with van der Waals surface area (Å²) >= 11 is 7.85. The van der Waals surface area contributed by atoms with Gasteiger partial charge in [0.15, 0.2) is 0 Å². The lowest BCUT2D eigenvalue weighted by Crippen LogP contribution is -2.39. The number of hydrogen-bond acceptors (Lipinski definition) is 5. The average molecular weight is 430 g/mol. The first-order valence-corrected chi connectivity index (χ1v) is 11.1. The van der Waals surface area contributed by atoms with Crippen LogP contribution in [0.5, 0.6) is 0 Å². The van der Waals surface area contributed by atoms with Crippen molar-refractivity contribution >= 4 is 44.9 Å². The van der Waals surface area contributed by atoms with Crippen molar-refractivity contribution in [3.05, 3.63) is 40.0 Å². The van der Waals surface area contributed by atoms with E-state index in [9.17, 15) is 9.90 Å². The Hall–Kier alpha value is -2.18. The molecule has 0 radical (unpaired) electrons. The normalized spacial score (nSPS) is 17.3. The number of halogens is 1. The highest BCUT2D eigenvalue weighted by atomic mass is 35.5. The lowest BCUT2D eigenvalue weighted by atomic mass is 9.96. The summed E-state index contributed by atoms with van der Waals surface area (Å²) < 4.78 is 0. The highest BCUT2D eigenvalue weighted by Gasteiger charge is 2.29. The van der Waals surface area contributed by atoms with E-state index in [2.05, 4.69) is 59.9 Å². The standard InChI is InChI=1S/C22H24ClN3O2S/c1-12(2)14-6-8-15(9-7-14)17-13(3)29-20-18(17)19(24-22(23)25-20)26-10-4-5-16(11-26)21(27)28/h6-9,12,16H,4-5,10-11H2,1-3H3,(H,27,28). The summed E-state index contributed by atoms with van der Waals surface area (Å²) in [6.45, 7) is 7.67. The number of benzene rings is 1. The molecular formula is C22H24ClN3O2S. The van der Waals surface area contributed by atoms with Crippen molar-refractivity contribution in [1.29, 1.82) is 0 Å². The minimum absolute atomic E-state index is 0.202. The Morgan fingerprint density at radius 1 is 1.28 bits per heavy atom. The molecule has 4 rings (SSSR count). The van der Waals surface area contributed by atoms with Crippen molar-refractivity contribution in [3.63, 3.8) is 0 Å². The van der Waals surface area contributed by atoms with E-state index in [1.54, 1.807) is 11.3 Å². The number of carbonyl (C=O) groups is 1. The predicted molar refractivity (Wildman–Crippen MR) is 119 cm³/mol. The molecule has 1 atom stereocenters. The van der Waals surface area contributed by atoms with Crippen molar-refractivity contribution in [2.24, 2.45) is 5.92 Å². The summed E-state index contributed by atoms with van der Waals surface area (Å²) in [4.78, 5) is 24.6. The van der Waals surface area contributed by atoms with E-state index < -0.39 is 5.97 Å². The molecule has 29 heavy (non-hydrogen) atoms. The molecule has 5 nitrogen and oxygen atoms in total. The third-order valence-corrected chi connectivity index (χ3v) is 6.79. The Bertz CT molecular complexity index is 1060. The van der Waals surface area contributed by atoms with Gasteiger partial charge in [-0.25, -0.2) is 4.98 Å². The predicted octanol–water partition coefficient (Wildman–Crippen LogP) is 5.74. The minimum Gasteiger partial charge on any atom is -0.481 e. The van der Waals surface area contributed by atoms with Gasteiger partial charge in [0.25, 0.3) is 0 Å². The zero-order valence-corrected chi connectivity index (χ0v) is 18.3. The molecule has 1 saturated heterocycles. The number of aliphatic carboxylic acids is 1. The average Bonchev–Trinajstić information content (AvgIpc) is 3.02. The molecule has 1 aromatic carbocycles. The first kappa shape index (κ1) is 20.1. The Labute approximate surface area is 179 Å². The monoisotopic (exact) mass is 429 g/mol. The van der Waals surface area contributed by atoms with Crippen molar-refractivity contribution < 1.29 is 9.90 Å². The van der Waals surface area contributed by atoms with E-state index in [1.807, 2.05) is 0 Å². The maximum absolute atomic E-state index is 11.6. The van der Waals surface area contributed by atoms with Crippen LogP contribution in [0.1, 0.15) is 43.0 Å². The summed E-state index contributed by atoms with van der Waals surface area (Å²) in [6, 6.07) is 8.64. The van der Waals surface area contributed by atoms with Gasteiger partial charge in [0, 0.05) is 23.5 Å². The highest BCUT2D eigenvalue weighted by Crippen LogP contribution is 2.43. The van der Waals surface area contributed by atoms with Gasteiger partial charge in [-0.15, -0.1) is 11.3 Å². The van der Waals surface area contributed by atoms with Crippen LogP contribution in [0.4, 0.5) is 5.82 Å². The lowest BCUT2D eigenvalue weighted by Gasteiger charge is -2.32.